The number of amides is 1. The number of carbonyl (C=O) groups excluding carboxylic acids is 1. The first-order valence-corrected chi connectivity index (χ1v) is 8.33. The third-order valence-electron chi connectivity index (χ3n) is 4.28. The van der Waals surface area contributed by atoms with Gasteiger partial charge < -0.3 is 16.2 Å². The highest BCUT2D eigenvalue weighted by molar-refractivity contribution is 5.93. The van der Waals surface area contributed by atoms with Gasteiger partial charge in [-0.05, 0) is 55.5 Å². The second-order valence-corrected chi connectivity index (χ2v) is 6.28. The van der Waals surface area contributed by atoms with Gasteiger partial charge in [0.2, 0.25) is 5.91 Å². The van der Waals surface area contributed by atoms with Crippen LogP contribution in [0.1, 0.15) is 46.5 Å². The molecule has 2 aromatic carbocycles. The monoisotopic (exact) mass is 326 g/mol. The summed E-state index contributed by atoms with van der Waals surface area (Å²) in [6.07, 6.45) is 1.42. The zero-order valence-electron chi connectivity index (χ0n) is 14.3. The normalized spacial score (nSPS) is 13.5. The van der Waals surface area contributed by atoms with Gasteiger partial charge in [0.05, 0.1) is 6.10 Å². The Morgan fingerprint density at radius 1 is 1.21 bits per heavy atom. The van der Waals surface area contributed by atoms with Crippen LogP contribution in [-0.4, -0.2) is 23.6 Å². The average Bonchev–Trinajstić information content (AvgIpc) is 2.58. The van der Waals surface area contributed by atoms with Gasteiger partial charge in [0.1, 0.15) is 0 Å². The molecule has 4 nitrogen and oxygen atoms in total. The number of carbonyl (C=O) groups is 1. The second kappa shape index (κ2) is 8.62. The Morgan fingerprint density at radius 2 is 1.92 bits per heavy atom. The Bertz CT molecular complexity index is 671. The Balaban J connectivity index is 1.84. The van der Waals surface area contributed by atoms with Gasteiger partial charge >= 0.3 is 0 Å². The molecule has 0 saturated carbocycles. The minimum absolute atomic E-state index is 0.310. The lowest BCUT2D eigenvalue weighted by Gasteiger charge is -2.19. The molecular weight excluding hydrogens is 300 g/mol. The lowest BCUT2D eigenvalue weighted by atomic mass is 10.00. The highest BCUT2D eigenvalue weighted by Crippen LogP contribution is 2.19. The minimum Gasteiger partial charge on any atom is -0.387 e. The fraction of sp³-hybridized carbons (Fsp3) is 0.350. The molecule has 24 heavy (non-hydrogen) atoms. The van der Waals surface area contributed by atoms with E-state index in [1.54, 1.807) is 18.2 Å². The smallest absolute Gasteiger partial charge is 0.248 e. The first-order chi connectivity index (χ1) is 11.5. The first kappa shape index (κ1) is 18.2. The third-order valence-corrected chi connectivity index (χ3v) is 4.28. The number of rotatable bonds is 8. The third kappa shape index (κ3) is 5.18. The van der Waals surface area contributed by atoms with E-state index in [4.69, 9.17) is 5.73 Å². The van der Waals surface area contributed by atoms with Gasteiger partial charge in [-0.1, -0.05) is 36.4 Å². The number of aliphatic hydroxyl groups excluding tert-OH is 1. The summed E-state index contributed by atoms with van der Waals surface area (Å²) in [4.78, 5) is 11.2. The number of nitrogens with one attached hydrogen (secondary N) is 1. The Kier molecular flexibility index (Phi) is 6.53. The van der Waals surface area contributed by atoms with Gasteiger partial charge in [0.25, 0.3) is 0 Å². The maximum atomic E-state index is 11.2. The first-order valence-electron chi connectivity index (χ1n) is 8.33. The van der Waals surface area contributed by atoms with E-state index in [2.05, 4.69) is 36.5 Å². The van der Waals surface area contributed by atoms with Crippen LogP contribution in [0.3, 0.4) is 0 Å². The molecule has 4 heteroatoms. The van der Waals surface area contributed by atoms with E-state index < -0.39 is 12.0 Å². The Hall–Kier alpha value is -2.17. The standard InChI is InChI=1S/C20H26N2O2/c1-14-12-17(20(21)24)10-11-18(14)19(23)13-22-15(2)8-9-16-6-4-3-5-7-16/h3-7,10-12,15,19,22-23H,8-9,13H2,1-2H3,(H2,21,24). The second-order valence-electron chi connectivity index (χ2n) is 6.28. The molecule has 0 aromatic heterocycles. The predicted molar refractivity (Wildman–Crippen MR) is 96.9 cm³/mol. The van der Waals surface area contributed by atoms with E-state index in [0.717, 1.165) is 24.0 Å². The van der Waals surface area contributed by atoms with Crippen molar-refractivity contribution in [2.45, 2.75) is 38.8 Å². The molecule has 0 saturated heterocycles. The molecular formula is C20H26N2O2. The molecule has 1 amide bonds. The number of benzene rings is 2. The summed E-state index contributed by atoms with van der Waals surface area (Å²) < 4.78 is 0. The summed E-state index contributed by atoms with van der Waals surface area (Å²) in [5, 5.41) is 13.8. The van der Waals surface area contributed by atoms with Crippen LogP contribution in [-0.2, 0) is 6.42 Å². The molecule has 2 unspecified atom stereocenters. The highest BCUT2D eigenvalue weighted by atomic mass is 16.3. The number of primary amides is 1. The molecule has 0 aliphatic carbocycles. The summed E-state index contributed by atoms with van der Waals surface area (Å²) in [6.45, 7) is 4.48. The van der Waals surface area contributed by atoms with E-state index >= 15 is 0 Å². The van der Waals surface area contributed by atoms with Crippen LogP contribution in [0.25, 0.3) is 0 Å². The van der Waals surface area contributed by atoms with E-state index in [1.807, 2.05) is 13.0 Å². The van der Waals surface area contributed by atoms with Crippen molar-refractivity contribution in [1.29, 1.82) is 0 Å². The molecule has 128 valence electrons. The molecule has 2 atom stereocenters. The molecule has 0 fully saturated rings. The van der Waals surface area contributed by atoms with Crippen molar-refractivity contribution in [3.63, 3.8) is 0 Å². The van der Waals surface area contributed by atoms with E-state index in [-0.39, 0.29) is 0 Å². The number of aliphatic hydroxyl groups is 1. The van der Waals surface area contributed by atoms with E-state index in [1.165, 1.54) is 5.56 Å². The fourth-order valence-corrected chi connectivity index (χ4v) is 2.76. The SMILES string of the molecule is Cc1cc(C(N)=O)ccc1C(O)CNC(C)CCc1ccccc1. The Labute approximate surface area is 143 Å². The van der Waals surface area contributed by atoms with Crippen molar-refractivity contribution in [2.24, 2.45) is 5.73 Å². The van der Waals surface area contributed by atoms with E-state index in [9.17, 15) is 9.90 Å². The maximum absolute atomic E-state index is 11.2. The van der Waals surface area contributed by atoms with Crippen molar-refractivity contribution in [3.8, 4) is 0 Å². The number of nitrogens with two attached hydrogens (primary N) is 1. The average molecular weight is 326 g/mol. The highest BCUT2D eigenvalue weighted by Gasteiger charge is 2.13. The quantitative estimate of drug-likeness (QED) is 0.698. The molecule has 0 heterocycles. The predicted octanol–water partition coefficient (Wildman–Crippen LogP) is 2.74. The Morgan fingerprint density at radius 3 is 2.54 bits per heavy atom. The molecule has 0 radical (unpaired) electrons. The summed E-state index contributed by atoms with van der Waals surface area (Å²) in [6, 6.07) is 15.8. The fourth-order valence-electron chi connectivity index (χ4n) is 2.76. The summed E-state index contributed by atoms with van der Waals surface area (Å²) in [5.41, 5.74) is 8.76. The van der Waals surface area contributed by atoms with Crippen molar-refractivity contribution in [3.05, 3.63) is 70.8 Å². The molecule has 4 N–H and O–H groups in total. The zero-order valence-corrected chi connectivity index (χ0v) is 14.3. The minimum atomic E-state index is -0.605. The lowest BCUT2D eigenvalue weighted by molar-refractivity contribution is 0.1000. The van der Waals surface area contributed by atoms with Gasteiger partial charge in [-0.25, -0.2) is 0 Å². The number of hydrogen-bond acceptors (Lipinski definition) is 3. The van der Waals surface area contributed by atoms with Gasteiger partial charge in [-0.2, -0.15) is 0 Å². The zero-order chi connectivity index (χ0) is 17.5. The van der Waals surface area contributed by atoms with Crippen LogP contribution in [0.5, 0.6) is 0 Å². The lowest BCUT2D eigenvalue weighted by Crippen LogP contribution is -2.31. The van der Waals surface area contributed by atoms with Gasteiger partial charge in [-0.3, -0.25) is 4.79 Å². The van der Waals surface area contributed by atoms with Crippen LogP contribution in [0, 0.1) is 6.92 Å². The summed E-state index contributed by atoms with van der Waals surface area (Å²) >= 11 is 0. The molecule has 2 rings (SSSR count). The summed E-state index contributed by atoms with van der Waals surface area (Å²) in [7, 11) is 0. The molecule has 0 aliphatic rings. The van der Waals surface area contributed by atoms with Crippen LogP contribution >= 0.6 is 0 Å². The van der Waals surface area contributed by atoms with Gasteiger partial charge in [-0.15, -0.1) is 0 Å². The number of hydrogen-bond donors (Lipinski definition) is 3. The van der Waals surface area contributed by atoms with E-state index in [0.29, 0.717) is 18.2 Å². The van der Waals surface area contributed by atoms with Crippen LogP contribution in [0.15, 0.2) is 48.5 Å². The largest absolute Gasteiger partial charge is 0.387 e. The number of aryl methyl sites for hydroxylation is 2. The topological polar surface area (TPSA) is 75.4 Å². The molecule has 0 spiro atoms. The molecule has 0 aliphatic heterocycles. The molecule has 0 bridgehead atoms. The van der Waals surface area contributed by atoms with Gasteiger partial charge in [0, 0.05) is 18.2 Å². The van der Waals surface area contributed by atoms with Crippen molar-refractivity contribution in [2.75, 3.05) is 6.54 Å². The van der Waals surface area contributed by atoms with Crippen molar-refractivity contribution < 1.29 is 9.90 Å². The maximum Gasteiger partial charge on any atom is 0.248 e. The van der Waals surface area contributed by atoms with Crippen LogP contribution < -0.4 is 11.1 Å². The van der Waals surface area contributed by atoms with Crippen molar-refractivity contribution >= 4 is 5.91 Å². The van der Waals surface area contributed by atoms with Gasteiger partial charge in [0.15, 0.2) is 0 Å². The molecule has 2 aromatic rings. The van der Waals surface area contributed by atoms with Crippen molar-refractivity contribution in [1.82, 2.24) is 5.32 Å². The van der Waals surface area contributed by atoms with Crippen LogP contribution in [0.4, 0.5) is 0 Å². The summed E-state index contributed by atoms with van der Waals surface area (Å²) in [5.74, 6) is -0.452. The van der Waals surface area contributed by atoms with Crippen LogP contribution in [0.2, 0.25) is 0 Å².